The molecule has 1 unspecified atom stereocenters. The maximum absolute atomic E-state index is 11.9. The predicted molar refractivity (Wildman–Crippen MR) is 70.8 cm³/mol. The number of fused-ring (bicyclic) bond motifs is 3. The Hall–Kier alpha value is -1.84. The first kappa shape index (κ1) is 12.2. The summed E-state index contributed by atoms with van der Waals surface area (Å²) in [5, 5.41) is 0. The van der Waals surface area contributed by atoms with Crippen LogP contribution in [0.15, 0.2) is 24.3 Å². The zero-order chi connectivity index (χ0) is 13.6. The van der Waals surface area contributed by atoms with Crippen LogP contribution in [0, 0.1) is 11.8 Å². The molecular formula is C15H17NO3. The highest BCUT2D eigenvalue weighted by atomic mass is 16.5. The highest BCUT2D eigenvalue weighted by Crippen LogP contribution is 2.60. The Bertz CT molecular complexity index is 540. The first-order chi connectivity index (χ1) is 9.15. The van der Waals surface area contributed by atoms with Gasteiger partial charge in [-0.2, -0.15) is 0 Å². The third-order valence-corrected chi connectivity index (χ3v) is 4.09. The normalized spacial score (nSPS) is 27.3. The molecule has 0 aromatic heterocycles. The minimum Gasteiger partial charge on any atom is -0.466 e. The van der Waals surface area contributed by atoms with Crippen molar-refractivity contribution >= 4 is 17.6 Å². The van der Waals surface area contributed by atoms with Crippen LogP contribution in [-0.2, 0) is 14.3 Å². The van der Waals surface area contributed by atoms with Crippen LogP contribution in [0.3, 0.4) is 0 Å². The van der Waals surface area contributed by atoms with Crippen LogP contribution in [0.5, 0.6) is 0 Å². The molecule has 0 bridgehead atoms. The maximum atomic E-state index is 11.9. The third-order valence-electron chi connectivity index (χ3n) is 4.09. The topological polar surface area (TPSA) is 46.6 Å². The SMILES string of the molecule is CCOC(=O)C1[C@H]2CN(C(C)=O)c3ccccc3[C@@H]12. The summed E-state index contributed by atoms with van der Waals surface area (Å²) in [5.74, 6) is 0.271. The summed E-state index contributed by atoms with van der Waals surface area (Å²) >= 11 is 0. The van der Waals surface area contributed by atoms with Gasteiger partial charge in [0.25, 0.3) is 0 Å². The van der Waals surface area contributed by atoms with E-state index in [2.05, 4.69) is 0 Å². The van der Waals surface area contributed by atoms with Gasteiger partial charge in [0.2, 0.25) is 5.91 Å². The van der Waals surface area contributed by atoms with Crippen molar-refractivity contribution in [1.29, 1.82) is 0 Å². The fourth-order valence-corrected chi connectivity index (χ4v) is 3.21. The minimum absolute atomic E-state index is 0.0282. The number of esters is 1. The Kier molecular flexibility index (Phi) is 2.81. The van der Waals surface area contributed by atoms with E-state index in [1.807, 2.05) is 31.2 Å². The van der Waals surface area contributed by atoms with Crippen molar-refractivity contribution < 1.29 is 14.3 Å². The standard InChI is InChI=1S/C15H17NO3/c1-3-19-15(18)14-11-8-16(9(2)17)12-7-5-4-6-10(12)13(11)14/h4-7,11,13-14H,3,8H2,1-2H3/t11-,13+,14?/m0/s1. The maximum Gasteiger partial charge on any atom is 0.309 e. The van der Waals surface area contributed by atoms with E-state index in [-0.39, 0.29) is 29.6 Å². The summed E-state index contributed by atoms with van der Waals surface area (Å²) in [6, 6.07) is 7.85. The zero-order valence-corrected chi connectivity index (χ0v) is 11.1. The van der Waals surface area contributed by atoms with Gasteiger partial charge in [0, 0.05) is 25.1 Å². The van der Waals surface area contributed by atoms with E-state index in [0.717, 1.165) is 11.3 Å². The smallest absolute Gasteiger partial charge is 0.309 e. The average molecular weight is 259 g/mol. The van der Waals surface area contributed by atoms with Gasteiger partial charge in [0.15, 0.2) is 0 Å². The molecule has 1 saturated carbocycles. The molecule has 1 aliphatic carbocycles. The van der Waals surface area contributed by atoms with Crippen molar-refractivity contribution in [3.8, 4) is 0 Å². The van der Waals surface area contributed by atoms with Gasteiger partial charge < -0.3 is 9.64 Å². The van der Waals surface area contributed by atoms with Crippen molar-refractivity contribution in [2.75, 3.05) is 18.1 Å². The molecule has 1 heterocycles. The summed E-state index contributed by atoms with van der Waals surface area (Å²) in [4.78, 5) is 25.4. The van der Waals surface area contributed by atoms with E-state index in [0.29, 0.717) is 13.2 Å². The number of carbonyl (C=O) groups is 2. The molecule has 4 nitrogen and oxygen atoms in total. The molecule has 100 valence electrons. The van der Waals surface area contributed by atoms with Crippen LogP contribution in [0.25, 0.3) is 0 Å². The average Bonchev–Trinajstić information content (AvgIpc) is 3.12. The van der Waals surface area contributed by atoms with Crippen LogP contribution >= 0.6 is 0 Å². The van der Waals surface area contributed by atoms with Crippen LogP contribution in [0.1, 0.15) is 25.3 Å². The number of para-hydroxylation sites is 1. The summed E-state index contributed by atoms with van der Waals surface area (Å²) < 4.78 is 5.13. The molecule has 0 spiro atoms. The largest absolute Gasteiger partial charge is 0.466 e. The second-order valence-corrected chi connectivity index (χ2v) is 5.16. The number of ether oxygens (including phenoxy) is 1. The second-order valence-electron chi connectivity index (χ2n) is 5.16. The molecule has 1 amide bonds. The number of hydrogen-bond donors (Lipinski definition) is 0. The molecule has 0 saturated heterocycles. The number of nitrogens with zero attached hydrogens (tertiary/aromatic N) is 1. The van der Waals surface area contributed by atoms with Gasteiger partial charge in [-0.15, -0.1) is 0 Å². The quantitative estimate of drug-likeness (QED) is 0.763. The van der Waals surface area contributed by atoms with Crippen LogP contribution in [0.4, 0.5) is 5.69 Å². The van der Waals surface area contributed by atoms with Crippen molar-refractivity contribution in [2.24, 2.45) is 11.8 Å². The molecule has 1 fully saturated rings. The van der Waals surface area contributed by atoms with Crippen molar-refractivity contribution in [1.82, 2.24) is 0 Å². The Balaban J connectivity index is 1.93. The second kappa shape index (κ2) is 4.37. The first-order valence-corrected chi connectivity index (χ1v) is 6.68. The fraction of sp³-hybridized carbons (Fsp3) is 0.467. The lowest BCUT2D eigenvalue weighted by atomic mass is 10.0. The van der Waals surface area contributed by atoms with E-state index in [1.165, 1.54) is 0 Å². The monoisotopic (exact) mass is 259 g/mol. The summed E-state index contributed by atoms with van der Waals surface area (Å²) in [7, 11) is 0. The van der Waals surface area contributed by atoms with Gasteiger partial charge in [-0.25, -0.2) is 0 Å². The van der Waals surface area contributed by atoms with E-state index < -0.39 is 0 Å². The lowest BCUT2D eigenvalue weighted by Gasteiger charge is -2.27. The van der Waals surface area contributed by atoms with Gasteiger partial charge in [0.05, 0.1) is 12.5 Å². The minimum atomic E-state index is -0.127. The van der Waals surface area contributed by atoms with Crippen LogP contribution in [0.2, 0.25) is 0 Å². The van der Waals surface area contributed by atoms with E-state index >= 15 is 0 Å². The number of rotatable bonds is 2. The molecule has 0 N–H and O–H groups in total. The summed E-state index contributed by atoms with van der Waals surface area (Å²) in [5.41, 5.74) is 2.05. The third kappa shape index (κ3) is 1.82. The molecule has 0 radical (unpaired) electrons. The van der Waals surface area contributed by atoms with Gasteiger partial charge in [-0.3, -0.25) is 9.59 Å². The summed E-state index contributed by atoms with van der Waals surface area (Å²) in [6.07, 6.45) is 0. The molecule has 1 aromatic carbocycles. The molecule has 19 heavy (non-hydrogen) atoms. The van der Waals surface area contributed by atoms with Gasteiger partial charge >= 0.3 is 5.97 Å². The Morgan fingerprint density at radius 3 is 2.79 bits per heavy atom. The predicted octanol–water partition coefficient (Wildman–Crippen LogP) is 1.95. The molecule has 3 rings (SSSR count). The van der Waals surface area contributed by atoms with E-state index in [4.69, 9.17) is 4.74 Å². The zero-order valence-electron chi connectivity index (χ0n) is 11.1. The Morgan fingerprint density at radius 1 is 1.37 bits per heavy atom. The van der Waals surface area contributed by atoms with Gasteiger partial charge in [-0.1, -0.05) is 18.2 Å². The Labute approximate surface area is 112 Å². The fourth-order valence-electron chi connectivity index (χ4n) is 3.21. The van der Waals surface area contributed by atoms with Gasteiger partial charge in [0.1, 0.15) is 0 Å². The number of carbonyl (C=O) groups excluding carboxylic acids is 2. The number of anilines is 1. The van der Waals surface area contributed by atoms with Crippen LogP contribution < -0.4 is 4.90 Å². The van der Waals surface area contributed by atoms with Crippen molar-refractivity contribution in [3.63, 3.8) is 0 Å². The Morgan fingerprint density at radius 2 is 2.11 bits per heavy atom. The number of amides is 1. The molecule has 1 aliphatic heterocycles. The molecule has 4 heteroatoms. The van der Waals surface area contributed by atoms with Crippen LogP contribution in [-0.4, -0.2) is 25.0 Å². The summed E-state index contributed by atoms with van der Waals surface area (Å²) in [6.45, 7) is 4.42. The lowest BCUT2D eigenvalue weighted by Crippen LogP contribution is -2.34. The van der Waals surface area contributed by atoms with E-state index in [1.54, 1.807) is 11.8 Å². The number of benzene rings is 1. The molecule has 2 aliphatic rings. The molecule has 3 atom stereocenters. The molecular weight excluding hydrogens is 242 g/mol. The van der Waals surface area contributed by atoms with Gasteiger partial charge in [-0.05, 0) is 24.5 Å². The first-order valence-electron chi connectivity index (χ1n) is 6.68. The van der Waals surface area contributed by atoms with Crippen molar-refractivity contribution in [2.45, 2.75) is 19.8 Å². The lowest BCUT2D eigenvalue weighted by molar-refractivity contribution is -0.145. The van der Waals surface area contributed by atoms with E-state index in [9.17, 15) is 9.59 Å². The van der Waals surface area contributed by atoms with Crippen molar-refractivity contribution in [3.05, 3.63) is 29.8 Å². The molecule has 1 aromatic rings. The highest BCUT2D eigenvalue weighted by molar-refractivity contribution is 5.94. The highest BCUT2D eigenvalue weighted by Gasteiger charge is 2.60. The number of hydrogen-bond acceptors (Lipinski definition) is 3.